The lowest BCUT2D eigenvalue weighted by molar-refractivity contribution is -0.00000461. The molecule has 0 atom stereocenters. The number of hydrogen-bond acceptors (Lipinski definition) is 1. The van der Waals surface area contributed by atoms with E-state index < -0.39 is 7.26 Å². The summed E-state index contributed by atoms with van der Waals surface area (Å²) in [6.07, 6.45) is 8.93. The lowest BCUT2D eigenvalue weighted by Crippen LogP contribution is -3.00. The Bertz CT molecular complexity index is 486. The molecule has 0 heterocycles. The molecule has 23 heavy (non-hydrogen) atoms. The number of aryl methyl sites for hydroxylation is 2. The average Bonchev–Trinajstić information content (AvgIpc) is 2.59. The summed E-state index contributed by atoms with van der Waals surface area (Å²) in [6.45, 7) is 2.59. The van der Waals surface area contributed by atoms with E-state index in [4.69, 9.17) is 0 Å². The lowest BCUT2D eigenvalue weighted by Gasteiger charge is -2.23. The third kappa shape index (κ3) is 8.05. The van der Waals surface area contributed by atoms with Gasteiger partial charge in [-0.15, -0.1) is 0 Å². The molecule has 0 aliphatic rings. The van der Waals surface area contributed by atoms with Gasteiger partial charge in [-0.25, -0.2) is 0 Å². The number of hydrogen-bond donors (Lipinski definition) is 0. The minimum Gasteiger partial charge on any atom is -1.00 e. The molecule has 2 aromatic carbocycles. The van der Waals surface area contributed by atoms with E-state index >= 15 is 0 Å². The molecule has 0 fully saturated rings. The smallest absolute Gasteiger partial charge is 0.0682 e. The molecule has 126 valence electrons. The van der Waals surface area contributed by atoms with Gasteiger partial charge >= 0.3 is 0 Å². The maximum atomic E-state index is 2.59. The standard InChI is InChI=1S/C20H28PS.HI/c1-21(17-18-22-2,15-13-19-9-5-3-6-10-19)16-14-20-11-7-4-8-12-20;/h3-12H,13-18H2,1-2H3;1H/q+1;/p-1. The molecule has 0 spiro atoms. The van der Waals surface area contributed by atoms with Crippen LogP contribution in [0.3, 0.4) is 0 Å². The van der Waals surface area contributed by atoms with Crippen molar-refractivity contribution in [2.75, 3.05) is 37.2 Å². The molecular formula is C20H28IPS. The van der Waals surface area contributed by atoms with Crippen molar-refractivity contribution >= 4 is 19.0 Å². The fraction of sp³-hybridized carbons (Fsp3) is 0.400. The molecule has 0 saturated carbocycles. The zero-order valence-electron chi connectivity index (χ0n) is 14.2. The first-order valence-corrected chi connectivity index (χ1v) is 12.3. The van der Waals surface area contributed by atoms with Crippen molar-refractivity contribution in [1.29, 1.82) is 0 Å². The van der Waals surface area contributed by atoms with Crippen LogP contribution in [0, 0.1) is 0 Å². The maximum absolute atomic E-state index is 2.59. The topological polar surface area (TPSA) is 0 Å². The van der Waals surface area contributed by atoms with E-state index in [2.05, 4.69) is 73.6 Å². The van der Waals surface area contributed by atoms with Crippen LogP contribution in [0.1, 0.15) is 11.1 Å². The van der Waals surface area contributed by atoms with Gasteiger partial charge in [-0.2, -0.15) is 11.8 Å². The maximum Gasteiger partial charge on any atom is 0.0682 e. The van der Waals surface area contributed by atoms with Crippen LogP contribution >= 0.6 is 19.0 Å². The first kappa shape index (κ1) is 21.0. The summed E-state index contributed by atoms with van der Waals surface area (Å²) in [7, 11) is -0.838. The molecule has 3 heteroatoms. The summed E-state index contributed by atoms with van der Waals surface area (Å²) >= 11 is 2.00. The largest absolute Gasteiger partial charge is 1.00 e. The first-order chi connectivity index (χ1) is 10.7. The SMILES string of the molecule is CSCC[P+](C)(CCc1ccccc1)CCc1ccccc1.[I-]. The molecule has 0 N–H and O–H groups in total. The molecule has 0 radical (unpaired) electrons. The molecule has 0 saturated heterocycles. The predicted octanol–water partition coefficient (Wildman–Crippen LogP) is 2.49. The van der Waals surface area contributed by atoms with E-state index in [1.54, 1.807) is 0 Å². The highest BCUT2D eigenvalue weighted by atomic mass is 127. The molecular weight excluding hydrogens is 430 g/mol. The van der Waals surface area contributed by atoms with Gasteiger partial charge in [0.25, 0.3) is 0 Å². The molecule has 2 aromatic rings. The summed E-state index contributed by atoms with van der Waals surface area (Å²) in [4.78, 5) is 0. The molecule has 0 amide bonds. The Morgan fingerprint density at radius 1 is 0.739 bits per heavy atom. The van der Waals surface area contributed by atoms with Gasteiger partial charge in [-0.3, -0.25) is 0 Å². The van der Waals surface area contributed by atoms with Crippen molar-refractivity contribution in [2.24, 2.45) is 0 Å². The van der Waals surface area contributed by atoms with Crippen LogP contribution in [0.5, 0.6) is 0 Å². The van der Waals surface area contributed by atoms with Gasteiger partial charge in [0.2, 0.25) is 0 Å². The van der Waals surface area contributed by atoms with E-state index in [9.17, 15) is 0 Å². The summed E-state index contributed by atoms with van der Waals surface area (Å²) in [5.41, 5.74) is 3.00. The van der Waals surface area contributed by atoms with Gasteiger partial charge in [0.15, 0.2) is 0 Å². The second-order valence-corrected chi connectivity index (χ2v) is 11.8. The van der Waals surface area contributed by atoms with Crippen LogP contribution in [0.4, 0.5) is 0 Å². The van der Waals surface area contributed by atoms with E-state index in [0.29, 0.717) is 0 Å². The molecule has 0 unspecified atom stereocenters. The monoisotopic (exact) mass is 458 g/mol. The fourth-order valence-electron chi connectivity index (χ4n) is 2.73. The van der Waals surface area contributed by atoms with Gasteiger partial charge in [-0.05, 0) is 17.4 Å². The van der Waals surface area contributed by atoms with E-state index in [0.717, 1.165) is 0 Å². The molecule has 0 bridgehead atoms. The zero-order chi connectivity index (χ0) is 15.7. The van der Waals surface area contributed by atoms with Crippen LogP contribution in [0.25, 0.3) is 0 Å². The molecule has 0 aromatic heterocycles. The highest BCUT2D eigenvalue weighted by Crippen LogP contribution is 2.55. The number of benzene rings is 2. The molecule has 2 rings (SSSR count). The predicted molar refractivity (Wildman–Crippen MR) is 106 cm³/mol. The van der Waals surface area contributed by atoms with Crippen LogP contribution in [-0.2, 0) is 12.8 Å². The van der Waals surface area contributed by atoms with Crippen LogP contribution < -0.4 is 24.0 Å². The van der Waals surface area contributed by atoms with Crippen LogP contribution in [0.2, 0.25) is 0 Å². The quantitative estimate of drug-likeness (QED) is 0.411. The average molecular weight is 458 g/mol. The van der Waals surface area contributed by atoms with Crippen molar-refractivity contribution in [3.05, 3.63) is 71.8 Å². The van der Waals surface area contributed by atoms with E-state index in [-0.39, 0.29) is 24.0 Å². The van der Waals surface area contributed by atoms with Crippen LogP contribution in [0.15, 0.2) is 60.7 Å². The normalized spacial score (nSPS) is 11.0. The second-order valence-electron chi connectivity index (χ2n) is 6.25. The van der Waals surface area contributed by atoms with Gasteiger partial charge in [0, 0.05) is 32.5 Å². The van der Waals surface area contributed by atoms with Crippen molar-refractivity contribution in [1.82, 2.24) is 0 Å². The Hall–Kier alpha value is -0.0500. The first-order valence-electron chi connectivity index (χ1n) is 8.12. The Morgan fingerprint density at radius 2 is 1.17 bits per heavy atom. The van der Waals surface area contributed by atoms with Crippen LogP contribution in [-0.4, -0.2) is 37.2 Å². The van der Waals surface area contributed by atoms with Crippen molar-refractivity contribution in [2.45, 2.75) is 12.8 Å². The molecule has 0 aliphatic carbocycles. The minimum atomic E-state index is -0.838. The van der Waals surface area contributed by atoms with E-state index in [1.165, 1.54) is 48.2 Å². The van der Waals surface area contributed by atoms with Crippen molar-refractivity contribution in [3.8, 4) is 0 Å². The zero-order valence-corrected chi connectivity index (χ0v) is 18.1. The number of thioether (sulfide) groups is 1. The lowest BCUT2D eigenvalue weighted by atomic mass is 10.2. The summed E-state index contributed by atoms with van der Waals surface area (Å²) in [6, 6.07) is 22.0. The highest BCUT2D eigenvalue weighted by Gasteiger charge is 2.30. The van der Waals surface area contributed by atoms with Crippen molar-refractivity contribution < 1.29 is 24.0 Å². The Kier molecular flexibility index (Phi) is 10.5. The second kappa shape index (κ2) is 11.5. The number of halogens is 1. The summed E-state index contributed by atoms with van der Waals surface area (Å²) in [5.74, 6) is 1.31. The molecule has 0 aliphatic heterocycles. The Labute approximate surface area is 164 Å². The fourth-order valence-corrected chi connectivity index (χ4v) is 7.49. The summed E-state index contributed by atoms with van der Waals surface area (Å²) < 4.78 is 0. The van der Waals surface area contributed by atoms with Gasteiger partial charge in [-0.1, -0.05) is 60.7 Å². The third-order valence-electron chi connectivity index (χ3n) is 4.40. The Morgan fingerprint density at radius 3 is 1.57 bits per heavy atom. The third-order valence-corrected chi connectivity index (χ3v) is 9.23. The Balaban J connectivity index is 0.00000264. The van der Waals surface area contributed by atoms with Gasteiger partial charge < -0.3 is 24.0 Å². The number of rotatable bonds is 9. The highest BCUT2D eigenvalue weighted by molar-refractivity contribution is 7.99. The van der Waals surface area contributed by atoms with Gasteiger partial charge in [0.05, 0.1) is 18.5 Å². The van der Waals surface area contributed by atoms with E-state index in [1.807, 2.05) is 11.8 Å². The minimum absolute atomic E-state index is 0. The summed E-state index contributed by atoms with van der Waals surface area (Å²) in [5, 5.41) is 0. The van der Waals surface area contributed by atoms with Crippen molar-refractivity contribution in [3.63, 3.8) is 0 Å². The molecule has 0 nitrogen and oxygen atoms in total. The van der Waals surface area contributed by atoms with Gasteiger partial charge in [0.1, 0.15) is 0 Å².